The maximum Gasteiger partial charge on any atom is 0.129 e. The van der Waals surface area contributed by atoms with E-state index < -0.39 is 0 Å². The Morgan fingerprint density at radius 1 is 0.757 bits per heavy atom. The standard InChI is InChI=1S/C30H45FO.C4H8O/c1-21-3-5-23(6-4-21)17-24-7-9-26(10-8-24)19-29-16-15-28(22(2)30(29)31)18-25-11-13-27(20-32)14-12-25;1-2-4-5-3-1/h15-16,20-21,23-27H,3-14,17-19H2,1-2H3;1-4H2. The van der Waals surface area contributed by atoms with Gasteiger partial charge in [0.25, 0.3) is 0 Å². The molecule has 0 N–H and O–H groups in total. The minimum absolute atomic E-state index is 0.0579. The first-order chi connectivity index (χ1) is 18.0. The van der Waals surface area contributed by atoms with Gasteiger partial charge in [0.2, 0.25) is 0 Å². The third-order valence-corrected chi connectivity index (χ3v) is 10.3. The molecule has 4 fully saturated rings. The Kier molecular flexibility index (Phi) is 11.5. The zero-order chi connectivity index (χ0) is 26.0. The molecular weight excluding hydrogens is 459 g/mol. The van der Waals surface area contributed by atoms with Gasteiger partial charge in [-0.25, -0.2) is 4.39 Å². The summed E-state index contributed by atoms with van der Waals surface area (Å²) in [6, 6.07) is 4.29. The summed E-state index contributed by atoms with van der Waals surface area (Å²) >= 11 is 0. The molecule has 0 bridgehead atoms. The summed E-state index contributed by atoms with van der Waals surface area (Å²) in [6.45, 7) is 6.39. The number of carbonyl (C=O) groups excluding carboxylic acids is 1. The van der Waals surface area contributed by atoms with E-state index in [1.807, 2.05) is 6.92 Å². The molecule has 0 aromatic heterocycles. The predicted molar refractivity (Wildman–Crippen MR) is 151 cm³/mol. The fourth-order valence-electron chi connectivity index (χ4n) is 7.53. The monoisotopic (exact) mass is 512 g/mol. The summed E-state index contributed by atoms with van der Waals surface area (Å²) in [6.07, 6.45) is 22.3. The summed E-state index contributed by atoms with van der Waals surface area (Å²) in [7, 11) is 0. The van der Waals surface area contributed by atoms with Crippen molar-refractivity contribution < 1.29 is 13.9 Å². The highest BCUT2D eigenvalue weighted by molar-refractivity contribution is 5.53. The number of benzene rings is 1. The fraction of sp³-hybridized carbons (Fsp3) is 0.794. The molecule has 1 aromatic rings. The van der Waals surface area contributed by atoms with Gasteiger partial charge in [-0.3, -0.25) is 0 Å². The van der Waals surface area contributed by atoms with Crippen LogP contribution in [0.2, 0.25) is 0 Å². The van der Waals surface area contributed by atoms with Crippen LogP contribution in [0.1, 0.15) is 120 Å². The van der Waals surface area contributed by atoms with Crippen LogP contribution in [-0.2, 0) is 22.4 Å². The number of halogens is 1. The molecular formula is C34H53FO2. The maximum atomic E-state index is 15.3. The van der Waals surface area contributed by atoms with Gasteiger partial charge in [0.05, 0.1) is 0 Å². The lowest BCUT2D eigenvalue weighted by atomic mass is 9.72. The smallest absolute Gasteiger partial charge is 0.129 e. The lowest BCUT2D eigenvalue weighted by Crippen LogP contribution is -2.21. The molecule has 0 unspecified atom stereocenters. The van der Waals surface area contributed by atoms with Gasteiger partial charge in [0.1, 0.15) is 12.1 Å². The first kappa shape index (κ1) is 28.8. The minimum atomic E-state index is 0.0579. The third kappa shape index (κ3) is 8.91. The van der Waals surface area contributed by atoms with E-state index in [4.69, 9.17) is 4.74 Å². The zero-order valence-corrected chi connectivity index (χ0v) is 23.8. The molecule has 1 aromatic carbocycles. The molecule has 0 amide bonds. The quantitative estimate of drug-likeness (QED) is 0.341. The summed E-state index contributed by atoms with van der Waals surface area (Å²) in [5.41, 5.74) is 3.01. The second-order valence-corrected chi connectivity index (χ2v) is 13.2. The SMILES string of the molecule is C1CCOC1.Cc1c(CC2CCC(C=O)CC2)ccc(CC2CCC(CC3CCC(C)CC3)CC2)c1F. The average molecular weight is 513 g/mol. The zero-order valence-electron chi connectivity index (χ0n) is 23.8. The van der Waals surface area contributed by atoms with Crippen molar-refractivity contribution in [2.45, 2.75) is 123 Å². The van der Waals surface area contributed by atoms with Crippen molar-refractivity contribution in [3.8, 4) is 0 Å². The van der Waals surface area contributed by atoms with Crippen LogP contribution < -0.4 is 0 Å². The number of rotatable bonds is 7. The Morgan fingerprint density at radius 3 is 1.78 bits per heavy atom. The summed E-state index contributed by atoms with van der Waals surface area (Å²) < 4.78 is 20.2. The molecule has 3 heteroatoms. The molecule has 3 saturated carbocycles. The highest BCUT2D eigenvalue weighted by Gasteiger charge is 2.27. The van der Waals surface area contributed by atoms with Gasteiger partial charge in [-0.15, -0.1) is 0 Å². The Hall–Kier alpha value is -1.22. The van der Waals surface area contributed by atoms with E-state index in [9.17, 15) is 4.79 Å². The molecule has 0 atom stereocenters. The molecule has 37 heavy (non-hydrogen) atoms. The van der Waals surface area contributed by atoms with E-state index in [1.54, 1.807) is 0 Å². The molecule has 0 radical (unpaired) electrons. The van der Waals surface area contributed by atoms with Crippen molar-refractivity contribution in [3.63, 3.8) is 0 Å². The highest BCUT2D eigenvalue weighted by Crippen LogP contribution is 2.39. The van der Waals surface area contributed by atoms with E-state index in [-0.39, 0.29) is 11.7 Å². The van der Waals surface area contributed by atoms with E-state index >= 15 is 4.39 Å². The van der Waals surface area contributed by atoms with Gasteiger partial charge in [-0.2, -0.15) is 0 Å². The number of ether oxygens (including phenoxy) is 1. The lowest BCUT2D eigenvalue weighted by molar-refractivity contribution is -0.112. The van der Waals surface area contributed by atoms with Crippen LogP contribution in [0.5, 0.6) is 0 Å². The Balaban J connectivity index is 0.000000572. The van der Waals surface area contributed by atoms with Crippen LogP contribution in [0, 0.1) is 48.2 Å². The molecule has 1 heterocycles. The van der Waals surface area contributed by atoms with Crippen molar-refractivity contribution in [1.29, 1.82) is 0 Å². The molecule has 4 aliphatic rings. The van der Waals surface area contributed by atoms with Crippen LogP contribution in [0.15, 0.2) is 12.1 Å². The Labute approximate surface area is 226 Å². The topological polar surface area (TPSA) is 26.3 Å². The van der Waals surface area contributed by atoms with E-state index in [2.05, 4.69) is 19.1 Å². The number of hydrogen-bond donors (Lipinski definition) is 0. The third-order valence-electron chi connectivity index (χ3n) is 10.3. The fourth-order valence-corrected chi connectivity index (χ4v) is 7.53. The van der Waals surface area contributed by atoms with Crippen LogP contribution in [-0.4, -0.2) is 19.5 Å². The van der Waals surface area contributed by atoms with Crippen LogP contribution in [0.3, 0.4) is 0 Å². The van der Waals surface area contributed by atoms with Crippen molar-refractivity contribution in [3.05, 3.63) is 34.6 Å². The average Bonchev–Trinajstić information content (AvgIpc) is 3.52. The van der Waals surface area contributed by atoms with Gasteiger partial charge >= 0.3 is 0 Å². The summed E-state index contributed by atoms with van der Waals surface area (Å²) in [5.74, 6) is 4.44. The molecule has 3 aliphatic carbocycles. The number of aldehydes is 1. The van der Waals surface area contributed by atoms with E-state index in [0.717, 1.165) is 86.9 Å². The van der Waals surface area contributed by atoms with Gasteiger partial charge in [-0.05, 0) is 124 Å². The second kappa shape index (κ2) is 14.8. The summed E-state index contributed by atoms with van der Waals surface area (Å²) in [5, 5.41) is 0. The van der Waals surface area contributed by atoms with Crippen LogP contribution >= 0.6 is 0 Å². The lowest BCUT2D eigenvalue weighted by Gasteiger charge is -2.33. The largest absolute Gasteiger partial charge is 0.381 e. The van der Waals surface area contributed by atoms with Gasteiger partial charge in [0, 0.05) is 19.1 Å². The van der Waals surface area contributed by atoms with Gasteiger partial charge < -0.3 is 9.53 Å². The Morgan fingerprint density at radius 2 is 1.24 bits per heavy atom. The molecule has 2 nitrogen and oxygen atoms in total. The maximum absolute atomic E-state index is 15.3. The van der Waals surface area contributed by atoms with Gasteiger partial charge in [0.15, 0.2) is 0 Å². The number of carbonyl (C=O) groups is 1. The van der Waals surface area contributed by atoms with Crippen molar-refractivity contribution in [2.24, 2.45) is 35.5 Å². The molecule has 1 saturated heterocycles. The summed E-state index contributed by atoms with van der Waals surface area (Å²) in [4.78, 5) is 11.0. The molecule has 1 aliphatic heterocycles. The van der Waals surface area contributed by atoms with Crippen LogP contribution in [0.25, 0.3) is 0 Å². The Bertz CT molecular complexity index is 800. The number of hydrogen-bond acceptors (Lipinski definition) is 2. The predicted octanol–water partition coefficient (Wildman–Crippen LogP) is 9.04. The van der Waals surface area contributed by atoms with Crippen molar-refractivity contribution in [1.82, 2.24) is 0 Å². The van der Waals surface area contributed by atoms with Crippen molar-refractivity contribution >= 4 is 6.29 Å². The van der Waals surface area contributed by atoms with E-state index in [0.29, 0.717) is 11.8 Å². The normalized spacial score (nSPS) is 32.4. The van der Waals surface area contributed by atoms with E-state index in [1.165, 1.54) is 76.2 Å². The molecule has 0 spiro atoms. The molecule has 5 rings (SSSR count). The molecule has 208 valence electrons. The van der Waals surface area contributed by atoms with Crippen LogP contribution in [0.4, 0.5) is 4.39 Å². The first-order valence-electron chi connectivity index (χ1n) is 15.8. The minimum Gasteiger partial charge on any atom is -0.381 e. The highest BCUT2D eigenvalue weighted by atomic mass is 19.1. The van der Waals surface area contributed by atoms with Gasteiger partial charge in [-0.1, -0.05) is 57.6 Å². The first-order valence-corrected chi connectivity index (χ1v) is 15.8. The van der Waals surface area contributed by atoms with Crippen molar-refractivity contribution in [2.75, 3.05) is 13.2 Å². The second-order valence-electron chi connectivity index (χ2n) is 13.2.